The highest BCUT2D eigenvalue weighted by atomic mass is 19.3. The van der Waals surface area contributed by atoms with Crippen molar-refractivity contribution in [1.82, 2.24) is 24.9 Å². The van der Waals surface area contributed by atoms with E-state index in [2.05, 4.69) is 26.5 Å². The Morgan fingerprint density at radius 1 is 1.25 bits per heavy atom. The van der Waals surface area contributed by atoms with Crippen molar-refractivity contribution in [3.8, 4) is 23.1 Å². The van der Waals surface area contributed by atoms with Crippen LogP contribution < -0.4 is 15.8 Å². The van der Waals surface area contributed by atoms with Crippen LogP contribution in [0.2, 0.25) is 0 Å². The lowest BCUT2D eigenvalue weighted by atomic mass is 9.58. The van der Waals surface area contributed by atoms with Crippen molar-refractivity contribution >= 4 is 11.4 Å². The van der Waals surface area contributed by atoms with Crippen LogP contribution in [0, 0.1) is 22.6 Å². The summed E-state index contributed by atoms with van der Waals surface area (Å²) in [5.41, 5.74) is 8.38. The van der Waals surface area contributed by atoms with E-state index in [4.69, 9.17) is 10.5 Å². The first-order valence-corrected chi connectivity index (χ1v) is 12.7. The molecule has 4 aromatic rings. The summed E-state index contributed by atoms with van der Waals surface area (Å²) in [4.78, 5) is 21.7. The average Bonchev–Trinajstić information content (AvgIpc) is 3.39. The Morgan fingerprint density at radius 2 is 2.05 bits per heavy atom. The minimum atomic E-state index is -3.05. The summed E-state index contributed by atoms with van der Waals surface area (Å²) in [5.74, 6) is -1.47. The quantitative estimate of drug-likeness (QED) is 0.390. The van der Waals surface area contributed by atoms with Crippen molar-refractivity contribution in [2.24, 2.45) is 11.1 Å². The Balaban J connectivity index is 1.31. The van der Waals surface area contributed by atoms with Crippen LogP contribution in [0.5, 0.6) is 5.75 Å². The summed E-state index contributed by atoms with van der Waals surface area (Å²) in [6.45, 7) is -1.27. The Morgan fingerprint density at radius 3 is 2.77 bits per heavy atom. The normalized spacial score (nSPS) is 26.5. The molecule has 2 unspecified atom stereocenters. The third kappa shape index (κ3) is 3.50. The Labute approximate surface area is 225 Å². The highest BCUT2D eigenvalue weighted by Gasteiger charge is 2.53. The maximum atomic E-state index is 15.3. The van der Waals surface area contributed by atoms with Crippen LogP contribution in [0.4, 0.5) is 13.2 Å². The second-order valence-corrected chi connectivity index (χ2v) is 11.0. The summed E-state index contributed by atoms with van der Waals surface area (Å²) in [5, 5.41) is 16.9. The third-order valence-corrected chi connectivity index (χ3v) is 8.21. The van der Waals surface area contributed by atoms with E-state index < -0.39 is 35.3 Å². The third-order valence-electron chi connectivity index (χ3n) is 8.21. The van der Waals surface area contributed by atoms with E-state index in [1.54, 1.807) is 23.6 Å². The molecule has 2 bridgehead atoms. The Kier molecular flexibility index (Phi) is 5.06. The molecule has 3 aliphatic rings. The van der Waals surface area contributed by atoms with Gasteiger partial charge in [-0.25, -0.2) is 13.9 Å². The van der Waals surface area contributed by atoms with E-state index >= 15 is 4.39 Å². The zero-order chi connectivity index (χ0) is 28.0. The fourth-order valence-electron chi connectivity index (χ4n) is 6.69. The number of rotatable bonds is 4. The van der Waals surface area contributed by atoms with Gasteiger partial charge in [-0.15, -0.1) is 0 Å². The lowest BCUT2D eigenvalue weighted by molar-refractivity contribution is -0.0505. The number of fused-ring (bicyclic) bond motifs is 9. The number of alkyl halides is 2. The second-order valence-electron chi connectivity index (χ2n) is 11.0. The Hall–Kier alpha value is -4.50. The smallest absolute Gasteiger partial charge is 0.387 e. The van der Waals surface area contributed by atoms with Gasteiger partial charge in [-0.3, -0.25) is 9.78 Å². The fourth-order valence-corrected chi connectivity index (χ4v) is 6.69. The number of pyridine rings is 1. The van der Waals surface area contributed by atoms with Gasteiger partial charge in [0.15, 0.2) is 0 Å². The molecule has 40 heavy (non-hydrogen) atoms. The summed E-state index contributed by atoms with van der Waals surface area (Å²) < 4.78 is 48.2. The molecule has 2 aliphatic carbocycles. The molecule has 4 heterocycles. The molecule has 12 heteroatoms. The van der Waals surface area contributed by atoms with Gasteiger partial charge in [0, 0.05) is 34.4 Å². The molecule has 0 spiro atoms. The van der Waals surface area contributed by atoms with Gasteiger partial charge in [-0.1, -0.05) is 6.07 Å². The van der Waals surface area contributed by atoms with Crippen LogP contribution in [-0.2, 0) is 5.54 Å². The molecule has 0 saturated heterocycles. The highest BCUT2D eigenvalue weighted by molar-refractivity contribution is 5.98. The van der Waals surface area contributed by atoms with Crippen molar-refractivity contribution in [1.29, 1.82) is 5.26 Å². The average molecular weight is 546 g/mol. The molecule has 3 N–H and O–H groups in total. The van der Waals surface area contributed by atoms with E-state index in [1.807, 2.05) is 0 Å². The number of halogens is 3. The number of carbonyl (C=O) groups excluding carboxylic acids is 1. The second kappa shape index (κ2) is 8.25. The van der Waals surface area contributed by atoms with Crippen LogP contribution in [0.3, 0.4) is 0 Å². The molecule has 1 saturated carbocycles. The number of nitrogens with two attached hydrogens (primary N) is 1. The zero-order valence-corrected chi connectivity index (χ0v) is 21.2. The van der Waals surface area contributed by atoms with Gasteiger partial charge in [0.05, 0.1) is 45.7 Å². The minimum absolute atomic E-state index is 0.0594. The van der Waals surface area contributed by atoms with Crippen molar-refractivity contribution in [3.05, 3.63) is 76.8 Å². The van der Waals surface area contributed by atoms with Gasteiger partial charge in [0.1, 0.15) is 17.9 Å². The molecule has 1 amide bonds. The zero-order valence-electron chi connectivity index (χ0n) is 21.2. The molecule has 2 atom stereocenters. The van der Waals surface area contributed by atoms with Gasteiger partial charge in [-0.2, -0.15) is 19.1 Å². The fraction of sp³-hybridized carbons (Fsp3) is 0.321. The van der Waals surface area contributed by atoms with Crippen LogP contribution in [0.25, 0.3) is 16.8 Å². The number of hydrogen-bond donors (Lipinski definition) is 2. The number of ether oxygens (including phenoxy) is 1. The first-order valence-electron chi connectivity index (χ1n) is 12.7. The highest BCUT2D eigenvalue weighted by Crippen LogP contribution is 2.53. The number of amides is 1. The topological polar surface area (TPSA) is 131 Å². The predicted molar refractivity (Wildman–Crippen MR) is 135 cm³/mol. The van der Waals surface area contributed by atoms with Crippen LogP contribution in [0.15, 0.2) is 42.9 Å². The van der Waals surface area contributed by atoms with Gasteiger partial charge in [-0.05, 0) is 50.5 Å². The number of nitrogens with zero attached hydrogens (tertiary/aromatic N) is 5. The summed E-state index contributed by atoms with van der Waals surface area (Å²) in [6, 6.07) is 9.38. The lowest BCUT2D eigenvalue weighted by Gasteiger charge is -2.48. The van der Waals surface area contributed by atoms with E-state index in [0.717, 1.165) is 5.56 Å². The van der Waals surface area contributed by atoms with Crippen LogP contribution >= 0.6 is 0 Å². The maximum Gasteiger partial charge on any atom is 0.387 e. The minimum Gasteiger partial charge on any atom is -0.434 e. The number of aromatic nitrogens is 4. The maximum absolute atomic E-state index is 15.3. The molecule has 1 aromatic carbocycles. The molecule has 3 aromatic heterocycles. The van der Waals surface area contributed by atoms with E-state index in [9.17, 15) is 18.8 Å². The van der Waals surface area contributed by atoms with E-state index in [0.29, 0.717) is 47.3 Å². The van der Waals surface area contributed by atoms with Gasteiger partial charge >= 0.3 is 6.61 Å². The first kappa shape index (κ1) is 24.5. The summed E-state index contributed by atoms with van der Waals surface area (Å²) >= 11 is 0. The summed E-state index contributed by atoms with van der Waals surface area (Å²) in [7, 11) is 0. The van der Waals surface area contributed by atoms with E-state index in [-0.39, 0.29) is 22.9 Å². The van der Waals surface area contributed by atoms with Gasteiger partial charge in [0.25, 0.3) is 5.91 Å². The standard InChI is InChI=1S/C28H22F3N7O2/c1-27(11-32)9-28(33,10-27)24-16(29)5-13(8-34-24)17-7-19-22-15-6-18(23(22)37-38(19)12-35-17)36-25(39)14-3-2-4-20(21(14)15)40-26(30)31/h2-5,7-8,12,15,18,26H,6,9-10,33H2,1H3,(H,36,39). The molecule has 7 rings (SSSR count). The van der Waals surface area contributed by atoms with Gasteiger partial charge < -0.3 is 15.8 Å². The Bertz CT molecular complexity index is 1770. The van der Waals surface area contributed by atoms with Gasteiger partial charge in [0.2, 0.25) is 0 Å². The van der Waals surface area contributed by atoms with Crippen LogP contribution in [-0.4, -0.2) is 32.1 Å². The first-order chi connectivity index (χ1) is 19.1. The van der Waals surface area contributed by atoms with Crippen LogP contribution in [0.1, 0.15) is 71.0 Å². The van der Waals surface area contributed by atoms with Crippen molar-refractivity contribution in [2.45, 2.75) is 50.3 Å². The molecule has 0 radical (unpaired) electrons. The number of nitrogens with one attached hydrogen (secondary N) is 1. The molecular weight excluding hydrogens is 523 g/mol. The number of benzene rings is 1. The molecule has 9 nitrogen and oxygen atoms in total. The van der Waals surface area contributed by atoms with Crippen molar-refractivity contribution in [3.63, 3.8) is 0 Å². The molecule has 1 aliphatic heterocycles. The lowest BCUT2D eigenvalue weighted by Crippen LogP contribution is -2.54. The summed E-state index contributed by atoms with van der Waals surface area (Å²) in [6.07, 6.45) is 4.03. The molecule has 1 fully saturated rings. The SMILES string of the molecule is CC1(C#N)CC(N)(c2ncc(-c3cc4c5c(nn4cn3)C3CC5c4c(OC(F)F)cccc4C(=O)N3)cc2F)C1. The number of carbonyl (C=O) groups is 1. The van der Waals surface area contributed by atoms with Crippen molar-refractivity contribution < 1.29 is 22.7 Å². The molecular formula is C28H22F3N7O2. The monoisotopic (exact) mass is 545 g/mol. The van der Waals surface area contributed by atoms with Crippen molar-refractivity contribution in [2.75, 3.05) is 0 Å². The number of nitriles is 1. The largest absolute Gasteiger partial charge is 0.434 e. The molecule has 202 valence electrons. The number of hydrogen-bond acceptors (Lipinski definition) is 7. The van der Waals surface area contributed by atoms with E-state index in [1.165, 1.54) is 30.7 Å². The predicted octanol–water partition coefficient (Wildman–Crippen LogP) is 4.33.